The number of benzene rings is 1. The molecule has 1 aromatic heterocycles. The summed E-state index contributed by atoms with van der Waals surface area (Å²) in [6.07, 6.45) is 1.62. The number of rotatable bonds is 3. The minimum atomic E-state index is -0.465. The van der Waals surface area contributed by atoms with Crippen molar-refractivity contribution >= 4 is 11.8 Å². The number of nitrogens with zero attached hydrogens (tertiary/aromatic N) is 1. The molecule has 2 N–H and O–H groups in total. The number of pyridine rings is 1. The van der Waals surface area contributed by atoms with E-state index in [0.717, 1.165) is 35.5 Å². The lowest BCUT2D eigenvalue weighted by molar-refractivity contribution is 0.577. The van der Waals surface area contributed by atoms with Gasteiger partial charge in [0, 0.05) is 12.7 Å². The molecule has 0 aliphatic heterocycles. The van der Waals surface area contributed by atoms with Crippen LogP contribution in [0.5, 0.6) is 0 Å². The van der Waals surface area contributed by atoms with Crippen molar-refractivity contribution in [3.63, 3.8) is 0 Å². The highest BCUT2D eigenvalue weighted by Crippen LogP contribution is 2.28. The summed E-state index contributed by atoms with van der Waals surface area (Å²) in [5.41, 5.74) is 6.34. The van der Waals surface area contributed by atoms with Gasteiger partial charge in [0.1, 0.15) is 16.7 Å². The van der Waals surface area contributed by atoms with Gasteiger partial charge in [-0.05, 0) is 29.8 Å². The van der Waals surface area contributed by atoms with Gasteiger partial charge >= 0.3 is 0 Å². The second-order valence-electron chi connectivity index (χ2n) is 3.39. The molecular formula is C12H10F2N2S. The van der Waals surface area contributed by atoms with Crippen LogP contribution >= 0.6 is 11.8 Å². The maximum absolute atomic E-state index is 13.4. The third kappa shape index (κ3) is 3.01. The van der Waals surface area contributed by atoms with Crippen molar-refractivity contribution in [2.24, 2.45) is 5.73 Å². The first-order valence-corrected chi connectivity index (χ1v) is 5.78. The van der Waals surface area contributed by atoms with Crippen LogP contribution in [0.3, 0.4) is 0 Å². The standard InChI is InChI=1S/C12H10F2N2S/c13-9-2-3-10(14)11(5-9)17-12-4-1-8(6-15)7-16-12/h1-5,7H,6,15H2. The molecule has 0 aliphatic rings. The van der Waals surface area contributed by atoms with Crippen LogP contribution in [0.1, 0.15) is 5.56 Å². The van der Waals surface area contributed by atoms with Crippen molar-refractivity contribution in [2.75, 3.05) is 0 Å². The molecule has 0 bridgehead atoms. The Bertz CT molecular complexity index is 514. The number of hydrogen-bond donors (Lipinski definition) is 1. The summed E-state index contributed by atoms with van der Waals surface area (Å²) in [4.78, 5) is 4.33. The Morgan fingerprint density at radius 2 is 2.00 bits per heavy atom. The predicted molar refractivity (Wildman–Crippen MR) is 62.6 cm³/mol. The van der Waals surface area contributed by atoms with E-state index in [2.05, 4.69) is 4.98 Å². The Morgan fingerprint density at radius 3 is 2.65 bits per heavy atom. The van der Waals surface area contributed by atoms with Gasteiger partial charge in [-0.1, -0.05) is 17.8 Å². The molecule has 17 heavy (non-hydrogen) atoms. The third-order valence-electron chi connectivity index (χ3n) is 2.14. The molecule has 2 rings (SSSR count). The first kappa shape index (κ1) is 12.0. The molecule has 0 saturated heterocycles. The molecule has 88 valence electrons. The van der Waals surface area contributed by atoms with Gasteiger partial charge in [0.05, 0.1) is 4.90 Å². The van der Waals surface area contributed by atoms with E-state index in [4.69, 9.17) is 5.73 Å². The number of aromatic nitrogens is 1. The SMILES string of the molecule is NCc1ccc(Sc2cc(F)ccc2F)nc1. The van der Waals surface area contributed by atoms with E-state index >= 15 is 0 Å². The minimum Gasteiger partial charge on any atom is -0.326 e. The number of hydrogen-bond acceptors (Lipinski definition) is 3. The summed E-state index contributed by atoms with van der Waals surface area (Å²) >= 11 is 1.08. The Labute approximate surface area is 102 Å². The molecule has 5 heteroatoms. The molecule has 1 aromatic carbocycles. The fourth-order valence-electron chi connectivity index (χ4n) is 1.26. The molecule has 0 saturated carbocycles. The smallest absolute Gasteiger partial charge is 0.137 e. The van der Waals surface area contributed by atoms with Crippen LogP contribution in [-0.4, -0.2) is 4.98 Å². The monoisotopic (exact) mass is 252 g/mol. The Morgan fingerprint density at radius 1 is 1.18 bits per heavy atom. The van der Waals surface area contributed by atoms with Crippen molar-refractivity contribution in [1.29, 1.82) is 0 Å². The van der Waals surface area contributed by atoms with Gasteiger partial charge in [0.25, 0.3) is 0 Å². The molecule has 2 nitrogen and oxygen atoms in total. The van der Waals surface area contributed by atoms with E-state index in [1.807, 2.05) is 6.07 Å². The van der Waals surface area contributed by atoms with Crippen molar-refractivity contribution < 1.29 is 8.78 Å². The van der Waals surface area contributed by atoms with E-state index in [9.17, 15) is 8.78 Å². The van der Waals surface area contributed by atoms with Crippen LogP contribution < -0.4 is 5.73 Å². The molecular weight excluding hydrogens is 242 g/mol. The van der Waals surface area contributed by atoms with Crippen molar-refractivity contribution in [2.45, 2.75) is 16.5 Å². The van der Waals surface area contributed by atoms with Crippen LogP contribution in [0.25, 0.3) is 0 Å². The highest BCUT2D eigenvalue weighted by Gasteiger charge is 2.06. The molecule has 0 atom stereocenters. The summed E-state index contributed by atoms with van der Waals surface area (Å²) in [5, 5.41) is 0.603. The zero-order valence-corrected chi connectivity index (χ0v) is 9.68. The average Bonchev–Trinajstić information content (AvgIpc) is 2.35. The maximum Gasteiger partial charge on any atom is 0.137 e. The highest BCUT2D eigenvalue weighted by molar-refractivity contribution is 7.99. The van der Waals surface area contributed by atoms with Gasteiger partial charge < -0.3 is 5.73 Å². The molecule has 2 aromatic rings. The van der Waals surface area contributed by atoms with Crippen molar-refractivity contribution in [1.82, 2.24) is 4.98 Å². The van der Waals surface area contributed by atoms with Crippen LogP contribution in [-0.2, 0) is 6.54 Å². The lowest BCUT2D eigenvalue weighted by Gasteiger charge is -2.03. The summed E-state index contributed by atoms with van der Waals surface area (Å²) in [6.45, 7) is 0.409. The second-order valence-corrected chi connectivity index (χ2v) is 4.45. The number of halogens is 2. The van der Waals surface area contributed by atoms with Gasteiger partial charge in [0.15, 0.2) is 0 Å². The molecule has 1 heterocycles. The summed E-state index contributed by atoms with van der Waals surface area (Å²) in [5.74, 6) is -0.923. The Hall–Kier alpha value is -1.46. The molecule has 0 unspecified atom stereocenters. The fraction of sp³-hybridized carbons (Fsp3) is 0.0833. The first-order chi connectivity index (χ1) is 8.19. The largest absolute Gasteiger partial charge is 0.326 e. The van der Waals surface area contributed by atoms with Crippen molar-refractivity contribution in [3.05, 3.63) is 53.7 Å². The third-order valence-corrected chi connectivity index (χ3v) is 3.12. The zero-order chi connectivity index (χ0) is 12.3. The van der Waals surface area contributed by atoms with Crippen LogP contribution in [0, 0.1) is 11.6 Å². The second kappa shape index (κ2) is 5.25. The normalized spacial score (nSPS) is 10.5. The lowest BCUT2D eigenvalue weighted by atomic mass is 10.3. The first-order valence-electron chi connectivity index (χ1n) is 4.97. The van der Waals surface area contributed by atoms with Gasteiger partial charge in [-0.25, -0.2) is 13.8 Å². The van der Waals surface area contributed by atoms with E-state index in [-0.39, 0.29) is 4.90 Å². The van der Waals surface area contributed by atoms with Gasteiger partial charge in [0.2, 0.25) is 0 Å². The topological polar surface area (TPSA) is 38.9 Å². The average molecular weight is 252 g/mol. The quantitative estimate of drug-likeness (QED) is 0.912. The predicted octanol–water partition coefficient (Wildman–Crippen LogP) is 2.97. The van der Waals surface area contributed by atoms with Gasteiger partial charge in [-0.2, -0.15) is 0 Å². The summed E-state index contributed by atoms with van der Waals surface area (Å²) < 4.78 is 26.3. The Balaban J connectivity index is 2.22. The van der Waals surface area contributed by atoms with Crippen LogP contribution in [0.2, 0.25) is 0 Å². The number of nitrogens with two attached hydrogens (primary N) is 1. The van der Waals surface area contributed by atoms with Gasteiger partial charge in [-0.15, -0.1) is 0 Å². The molecule has 0 radical (unpaired) electrons. The lowest BCUT2D eigenvalue weighted by Crippen LogP contribution is -1.96. The minimum absolute atomic E-state index is 0.220. The van der Waals surface area contributed by atoms with E-state index in [1.165, 1.54) is 0 Å². The zero-order valence-electron chi connectivity index (χ0n) is 8.86. The van der Waals surface area contributed by atoms with Crippen LogP contribution in [0.15, 0.2) is 46.5 Å². The molecule has 0 amide bonds. The maximum atomic E-state index is 13.4. The molecule has 0 aliphatic carbocycles. The van der Waals surface area contributed by atoms with E-state index in [0.29, 0.717) is 11.6 Å². The van der Waals surface area contributed by atoms with Gasteiger partial charge in [-0.3, -0.25) is 0 Å². The van der Waals surface area contributed by atoms with Crippen molar-refractivity contribution in [3.8, 4) is 0 Å². The summed E-state index contributed by atoms with van der Waals surface area (Å²) in [7, 11) is 0. The van der Waals surface area contributed by atoms with E-state index in [1.54, 1.807) is 12.3 Å². The van der Waals surface area contributed by atoms with E-state index < -0.39 is 11.6 Å². The Kier molecular flexibility index (Phi) is 3.71. The molecule has 0 spiro atoms. The highest BCUT2D eigenvalue weighted by atomic mass is 32.2. The van der Waals surface area contributed by atoms with Crippen LogP contribution in [0.4, 0.5) is 8.78 Å². The fourth-order valence-corrected chi connectivity index (χ4v) is 2.06. The summed E-state index contributed by atoms with van der Waals surface area (Å²) in [6, 6.07) is 6.89. The molecule has 0 fully saturated rings.